The number of amides is 1. The molecule has 0 saturated carbocycles. The van der Waals surface area contributed by atoms with E-state index in [4.69, 9.17) is 5.11 Å². The number of carbonyl (C=O) groups is 1. The van der Waals surface area contributed by atoms with E-state index in [-0.39, 0.29) is 18.6 Å². The van der Waals surface area contributed by atoms with Crippen molar-refractivity contribution in [2.45, 2.75) is 26.3 Å². The van der Waals surface area contributed by atoms with Crippen molar-refractivity contribution >= 4 is 43.5 Å². The first-order valence-electron chi connectivity index (χ1n) is 6.54. The Morgan fingerprint density at radius 2 is 2.10 bits per heavy atom. The van der Waals surface area contributed by atoms with Gasteiger partial charge in [-0.2, -0.15) is 0 Å². The number of hydrogen-bond acceptors (Lipinski definition) is 3. The van der Waals surface area contributed by atoms with Gasteiger partial charge in [0, 0.05) is 28.1 Å². The molecule has 112 valence electrons. The van der Waals surface area contributed by atoms with Gasteiger partial charge in [-0.05, 0) is 54.4 Å². The van der Waals surface area contributed by atoms with Crippen LogP contribution in [-0.4, -0.2) is 41.7 Å². The summed E-state index contributed by atoms with van der Waals surface area (Å²) in [5.41, 5.74) is 0.754. The van der Waals surface area contributed by atoms with E-state index in [1.165, 1.54) is 0 Å². The number of aliphatic hydroxyl groups excluding tert-OH is 1. The number of nitrogens with one attached hydrogen (secondary N) is 1. The summed E-state index contributed by atoms with van der Waals surface area (Å²) in [4.78, 5) is 14.1. The molecule has 0 aliphatic rings. The van der Waals surface area contributed by atoms with Crippen LogP contribution >= 0.6 is 31.9 Å². The number of halogens is 2. The first-order chi connectivity index (χ1) is 9.43. The first-order valence-corrected chi connectivity index (χ1v) is 8.12. The molecule has 0 saturated heterocycles. The van der Waals surface area contributed by atoms with Crippen LogP contribution in [0.4, 0.5) is 5.69 Å². The van der Waals surface area contributed by atoms with Gasteiger partial charge in [-0.25, -0.2) is 0 Å². The predicted octanol–water partition coefficient (Wildman–Crippen LogP) is 3.24. The van der Waals surface area contributed by atoms with Gasteiger partial charge < -0.3 is 10.4 Å². The summed E-state index contributed by atoms with van der Waals surface area (Å²) < 4.78 is 1.79. The van der Waals surface area contributed by atoms with Gasteiger partial charge in [0.05, 0.1) is 12.2 Å². The molecule has 1 amide bonds. The molecule has 4 nitrogen and oxygen atoms in total. The lowest BCUT2D eigenvalue weighted by molar-refractivity contribution is -0.117. The quantitative estimate of drug-likeness (QED) is 0.729. The van der Waals surface area contributed by atoms with E-state index in [1.54, 1.807) is 0 Å². The number of benzene rings is 1. The van der Waals surface area contributed by atoms with E-state index < -0.39 is 0 Å². The molecule has 0 aliphatic heterocycles. The third-order valence-electron chi connectivity index (χ3n) is 2.89. The molecule has 1 aromatic rings. The Kier molecular flexibility index (Phi) is 7.72. The molecule has 0 bridgehead atoms. The summed E-state index contributed by atoms with van der Waals surface area (Å²) in [6.07, 6.45) is 0.674. The summed E-state index contributed by atoms with van der Waals surface area (Å²) >= 11 is 6.80. The van der Waals surface area contributed by atoms with Gasteiger partial charge in [0.2, 0.25) is 5.91 Å². The van der Waals surface area contributed by atoms with Crippen LogP contribution in [0.15, 0.2) is 27.1 Å². The minimum absolute atomic E-state index is 0.0559. The molecule has 1 rings (SSSR count). The number of carbonyl (C=O) groups excluding carboxylic acids is 1. The lowest BCUT2D eigenvalue weighted by Crippen LogP contribution is -2.39. The van der Waals surface area contributed by atoms with Crippen molar-refractivity contribution in [1.82, 2.24) is 4.90 Å². The Balaban J connectivity index is 2.61. The zero-order valence-corrected chi connectivity index (χ0v) is 14.9. The third kappa shape index (κ3) is 5.91. The fourth-order valence-corrected chi connectivity index (χ4v) is 2.90. The van der Waals surface area contributed by atoms with Crippen molar-refractivity contribution in [3.8, 4) is 0 Å². The van der Waals surface area contributed by atoms with E-state index in [0.29, 0.717) is 19.5 Å². The largest absolute Gasteiger partial charge is 0.396 e. The Bertz CT molecular complexity index is 453. The van der Waals surface area contributed by atoms with Crippen molar-refractivity contribution < 1.29 is 9.90 Å². The van der Waals surface area contributed by atoms with Crippen LogP contribution in [0, 0.1) is 0 Å². The Hall–Kier alpha value is -0.430. The van der Waals surface area contributed by atoms with E-state index in [1.807, 2.05) is 36.9 Å². The van der Waals surface area contributed by atoms with Crippen LogP contribution in [0.5, 0.6) is 0 Å². The minimum atomic E-state index is -0.0559. The smallest absolute Gasteiger partial charge is 0.238 e. The average molecular weight is 408 g/mol. The summed E-state index contributed by atoms with van der Waals surface area (Å²) in [5, 5.41) is 11.8. The molecule has 0 radical (unpaired) electrons. The fourth-order valence-electron chi connectivity index (χ4n) is 1.76. The molecule has 0 atom stereocenters. The molecule has 0 aliphatic carbocycles. The third-order valence-corrected chi connectivity index (χ3v) is 4.03. The average Bonchev–Trinajstić information content (AvgIpc) is 2.37. The topological polar surface area (TPSA) is 52.6 Å². The summed E-state index contributed by atoms with van der Waals surface area (Å²) in [6, 6.07) is 5.88. The summed E-state index contributed by atoms with van der Waals surface area (Å²) in [7, 11) is 0. The van der Waals surface area contributed by atoms with E-state index in [9.17, 15) is 4.79 Å². The maximum Gasteiger partial charge on any atom is 0.238 e. The van der Waals surface area contributed by atoms with Gasteiger partial charge in [-0.1, -0.05) is 15.9 Å². The second kappa shape index (κ2) is 8.77. The van der Waals surface area contributed by atoms with Crippen LogP contribution in [-0.2, 0) is 4.79 Å². The lowest BCUT2D eigenvalue weighted by atomic mass is 10.2. The first kappa shape index (κ1) is 17.6. The second-order valence-corrected chi connectivity index (χ2v) is 6.58. The van der Waals surface area contributed by atoms with E-state index in [0.717, 1.165) is 14.6 Å². The highest BCUT2D eigenvalue weighted by Crippen LogP contribution is 2.26. The highest BCUT2D eigenvalue weighted by molar-refractivity contribution is 9.11. The SMILES string of the molecule is CC(C)N(CCCO)CC(=O)Nc1ccc(Br)cc1Br. The van der Waals surface area contributed by atoms with E-state index in [2.05, 4.69) is 37.2 Å². The standard InChI is InChI=1S/C14H20Br2N2O2/c1-10(2)18(6-3-7-19)9-14(20)17-13-5-4-11(15)8-12(13)16/h4-5,8,10,19H,3,6-7,9H2,1-2H3,(H,17,20). The monoisotopic (exact) mass is 406 g/mol. The molecule has 0 unspecified atom stereocenters. The van der Waals surface area contributed by atoms with Gasteiger partial charge in [0.15, 0.2) is 0 Å². The number of anilines is 1. The predicted molar refractivity (Wildman–Crippen MR) is 88.9 cm³/mol. The molecule has 0 heterocycles. The molecule has 0 spiro atoms. The van der Waals surface area contributed by atoms with Gasteiger partial charge in [-0.15, -0.1) is 0 Å². The second-order valence-electron chi connectivity index (χ2n) is 4.81. The van der Waals surface area contributed by atoms with Crippen molar-refractivity contribution in [1.29, 1.82) is 0 Å². The molecule has 20 heavy (non-hydrogen) atoms. The van der Waals surface area contributed by atoms with E-state index >= 15 is 0 Å². The molecule has 2 N–H and O–H groups in total. The van der Waals surface area contributed by atoms with Gasteiger partial charge in [0.1, 0.15) is 0 Å². The Labute approximate surface area is 136 Å². The van der Waals surface area contributed by atoms with Crippen LogP contribution in [0.2, 0.25) is 0 Å². The van der Waals surface area contributed by atoms with Crippen LogP contribution in [0.1, 0.15) is 20.3 Å². The zero-order valence-electron chi connectivity index (χ0n) is 11.7. The normalized spacial score (nSPS) is 11.2. The summed E-state index contributed by atoms with van der Waals surface area (Å²) in [6.45, 7) is 5.26. The number of hydrogen-bond donors (Lipinski definition) is 2. The molecule has 0 aromatic heterocycles. The zero-order chi connectivity index (χ0) is 15.1. The van der Waals surface area contributed by atoms with Crippen LogP contribution in [0.3, 0.4) is 0 Å². The molecular formula is C14H20Br2N2O2. The number of rotatable bonds is 7. The lowest BCUT2D eigenvalue weighted by Gasteiger charge is -2.25. The Morgan fingerprint density at radius 1 is 1.40 bits per heavy atom. The van der Waals surface area contributed by atoms with Crippen LogP contribution < -0.4 is 5.32 Å². The molecule has 6 heteroatoms. The molecule has 0 fully saturated rings. The van der Waals surface area contributed by atoms with Crippen molar-refractivity contribution in [2.75, 3.05) is 25.0 Å². The van der Waals surface area contributed by atoms with Crippen LogP contribution in [0.25, 0.3) is 0 Å². The highest BCUT2D eigenvalue weighted by atomic mass is 79.9. The van der Waals surface area contributed by atoms with Gasteiger partial charge >= 0.3 is 0 Å². The number of nitrogens with zero attached hydrogens (tertiary/aromatic N) is 1. The Morgan fingerprint density at radius 3 is 2.65 bits per heavy atom. The molecule has 1 aromatic carbocycles. The number of aliphatic hydroxyl groups is 1. The van der Waals surface area contributed by atoms with Gasteiger partial charge in [-0.3, -0.25) is 9.69 Å². The maximum absolute atomic E-state index is 12.1. The maximum atomic E-state index is 12.1. The highest BCUT2D eigenvalue weighted by Gasteiger charge is 2.14. The van der Waals surface area contributed by atoms with Gasteiger partial charge in [0.25, 0.3) is 0 Å². The molecular weight excluding hydrogens is 388 g/mol. The summed E-state index contributed by atoms with van der Waals surface area (Å²) in [5.74, 6) is -0.0559. The fraction of sp³-hybridized carbons (Fsp3) is 0.500. The minimum Gasteiger partial charge on any atom is -0.396 e. The van der Waals surface area contributed by atoms with Crippen molar-refractivity contribution in [3.05, 3.63) is 27.1 Å². The van der Waals surface area contributed by atoms with Crippen molar-refractivity contribution in [2.24, 2.45) is 0 Å². The van der Waals surface area contributed by atoms with Crippen molar-refractivity contribution in [3.63, 3.8) is 0 Å².